The van der Waals surface area contributed by atoms with E-state index in [9.17, 15) is 4.79 Å². The molecule has 0 bridgehead atoms. The Morgan fingerprint density at radius 1 is 1.08 bits per heavy atom. The van der Waals surface area contributed by atoms with Crippen LogP contribution in [0, 0.1) is 11.8 Å². The maximum atomic E-state index is 13.2. The van der Waals surface area contributed by atoms with Gasteiger partial charge in [-0.15, -0.1) is 0 Å². The average Bonchev–Trinajstić information content (AvgIpc) is 3.04. The van der Waals surface area contributed by atoms with Crippen LogP contribution in [0.1, 0.15) is 36.2 Å². The van der Waals surface area contributed by atoms with Crippen molar-refractivity contribution >= 4 is 17.4 Å². The topological polar surface area (TPSA) is 36.4 Å². The standard InChI is InChI=1S/C21H25N3O/c1-15-12-16(2)14-23(13-15)21(25)18-7-5-10-22-20(18)24-11-9-17-6-3-4-8-19(17)24/h3-8,10,15-16H,9,11-14H2,1-2H3. The first-order chi connectivity index (χ1) is 12.1. The Kier molecular flexibility index (Phi) is 4.20. The number of hydrogen-bond acceptors (Lipinski definition) is 3. The lowest BCUT2D eigenvalue weighted by atomic mass is 9.91. The number of amides is 1. The second-order valence-corrected chi connectivity index (χ2v) is 7.56. The monoisotopic (exact) mass is 335 g/mol. The van der Waals surface area contributed by atoms with Crippen LogP contribution in [0.3, 0.4) is 0 Å². The summed E-state index contributed by atoms with van der Waals surface area (Å²) < 4.78 is 0. The molecule has 130 valence electrons. The van der Waals surface area contributed by atoms with Crippen molar-refractivity contribution in [1.29, 1.82) is 0 Å². The van der Waals surface area contributed by atoms with Gasteiger partial charge in [-0.1, -0.05) is 32.0 Å². The Morgan fingerprint density at radius 2 is 1.84 bits per heavy atom. The van der Waals surface area contributed by atoms with E-state index in [1.54, 1.807) is 6.20 Å². The lowest BCUT2D eigenvalue weighted by Crippen LogP contribution is -2.43. The number of benzene rings is 1. The fourth-order valence-corrected chi connectivity index (χ4v) is 4.34. The van der Waals surface area contributed by atoms with Crippen LogP contribution in [0.15, 0.2) is 42.6 Å². The molecule has 1 saturated heterocycles. The van der Waals surface area contributed by atoms with Gasteiger partial charge in [0.05, 0.1) is 5.56 Å². The van der Waals surface area contributed by atoms with Gasteiger partial charge in [0.15, 0.2) is 0 Å². The molecule has 2 aromatic rings. The van der Waals surface area contributed by atoms with Crippen LogP contribution in [0.25, 0.3) is 0 Å². The Labute approximate surface area is 149 Å². The normalized spacial score (nSPS) is 22.8. The molecule has 2 unspecified atom stereocenters. The molecular weight excluding hydrogens is 310 g/mol. The molecule has 2 atom stereocenters. The van der Waals surface area contributed by atoms with Gasteiger partial charge in [0.1, 0.15) is 5.82 Å². The first kappa shape index (κ1) is 16.1. The summed E-state index contributed by atoms with van der Waals surface area (Å²) in [7, 11) is 0. The van der Waals surface area contributed by atoms with E-state index in [4.69, 9.17) is 0 Å². The van der Waals surface area contributed by atoms with Gasteiger partial charge in [0.25, 0.3) is 5.91 Å². The molecule has 1 aromatic carbocycles. The Hall–Kier alpha value is -2.36. The molecule has 4 rings (SSSR count). The lowest BCUT2D eigenvalue weighted by Gasteiger charge is -2.35. The van der Waals surface area contributed by atoms with Crippen LogP contribution in [0.5, 0.6) is 0 Å². The number of nitrogens with zero attached hydrogens (tertiary/aromatic N) is 3. The summed E-state index contributed by atoms with van der Waals surface area (Å²) in [6.07, 6.45) is 3.98. The Bertz CT molecular complexity index is 778. The van der Waals surface area contributed by atoms with E-state index in [0.717, 1.165) is 37.4 Å². The van der Waals surface area contributed by atoms with Crippen molar-refractivity contribution in [1.82, 2.24) is 9.88 Å². The fraction of sp³-hybridized carbons (Fsp3) is 0.429. The number of fused-ring (bicyclic) bond motifs is 1. The highest BCUT2D eigenvalue weighted by Crippen LogP contribution is 2.35. The van der Waals surface area contributed by atoms with Gasteiger partial charge in [0.2, 0.25) is 0 Å². The molecular formula is C21H25N3O. The third-order valence-electron chi connectivity index (χ3n) is 5.32. The van der Waals surface area contributed by atoms with Crippen molar-refractivity contribution in [3.8, 4) is 0 Å². The summed E-state index contributed by atoms with van der Waals surface area (Å²) in [5.41, 5.74) is 3.22. The van der Waals surface area contributed by atoms with E-state index in [2.05, 4.69) is 48.0 Å². The first-order valence-electron chi connectivity index (χ1n) is 9.23. The summed E-state index contributed by atoms with van der Waals surface area (Å²) in [4.78, 5) is 22.0. The molecule has 3 heterocycles. The highest BCUT2D eigenvalue weighted by Gasteiger charge is 2.30. The van der Waals surface area contributed by atoms with Crippen LogP contribution in [-0.2, 0) is 6.42 Å². The van der Waals surface area contributed by atoms with Crippen LogP contribution >= 0.6 is 0 Å². The van der Waals surface area contributed by atoms with E-state index in [0.29, 0.717) is 11.8 Å². The predicted octanol–water partition coefficient (Wildman–Crippen LogP) is 3.89. The zero-order valence-corrected chi connectivity index (χ0v) is 15.0. The molecule has 2 aliphatic rings. The van der Waals surface area contributed by atoms with Crippen LogP contribution in [0.2, 0.25) is 0 Å². The number of carbonyl (C=O) groups is 1. The highest BCUT2D eigenvalue weighted by atomic mass is 16.2. The van der Waals surface area contributed by atoms with Gasteiger partial charge in [-0.05, 0) is 48.4 Å². The van der Waals surface area contributed by atoms with Crippen molar-refractivity contribution in [2.45, 2.75) is 26.7 Å². The number of pyridine rings is 1. The molecule has 0 radical (unpaired) electrons. The number of anilines is 2. The molecule has 1 amide bonds. The third kappa shape index (κ3) is 3.01. The maximum absolute atomic E-state index is 13.2. The number of para-hydroxylation sites is 1. The van der Waals surface area contributed by atoms with Gasteiger partial charge in [-0.3, -0.25) is 4.79 Å². The molecule has 1 fully saturated rings. The summed E-state index contributed by atoms with van der Waals surface area (Å²) in [5, 5.41) is 0. The van der Waals surface area contributed by atoms with Crippen molar-refractivity contribution < 1.29 is 4.79 Å². The second kappa shape index (κ2) is 6.51. The summed E-state index contributed by atoms with van der Waals surface area (Å²) in [6.45, 7) is 7.03. The van der Waals surface area contributed by atoms with Crippen molar-refractivity contribution in [2.24, 2.45) is 11.8 Å². The van der Waals surface area contributed by atoms with E-state index < -0.39 is 0 Å². The molecule has 2 aliphatic heterocycles. The van der Waals surface area contributed by atoms with E-state index in [1.165, 1.54) is 17.7 Å². The number of rotatable bonds is 2. The van der Waals surface area contributed by atoms with Gasteiger partial charge in [0, 0.05) is 31.5 Å². The van der Waals surface area contributed by atoms with Crippen LogP contribution in [0.4, 0.5) is 11.5 Å². The number of carbonyl (C=O) groups excluding carboxylic acids is 1. The van der Waals surface area contributed by atoms with Crippen molar-refractivity contribution in [2.75, 3.05) is 24.5 Å². The lowest BCUT2D eigenvalue weighted by molar-refractivity contribution is 0.0623. The number of aromatic nitrogens is 1. The quantitative estimate of drug-likeness (QED) is 0.835. The summed E-state index contributed by atoms with van der Waals surface area (Å²) in [6, 6.07) is 12.2. The predicted molar refractivity (Wildman–Crippen MR) is 100 cm³/mol. The van der Waals surface area contributed by atoms with Crippen molar-refractivity contribution in [3.63, 3.8) is 0 Å². The SMILES string of the molecule is CC1CC(C)CN(C(=O)c2cccnc2N2CCc3ccccc32)C1. The minimum Gasteiger partial charge on any atom is -0.338 e. The Balaban J connectivity index is 1.67. The van der Waals surface area contributed by atoms with E-state index >= 15 is 0 Å². The summed E-state index contributed by atoms with van der Waals surface area (Å²) >= 11 is 0. The molecule has 0 N–H and O–H groups in total. The zero-order chi connectivity index (χ0) is 17.4. The second-order valence-electron chi connectivity index (χ2n) is 7.56. The van der Waals surface area contributed by atoms with Gasteiger partial charge >= 0.3 is 0 Å². The smallest absolute Gasteiger partial charge is 0.257 e. The van der Waals surface area contributed by atoms with Crippen molar-refractivity contribution in [3.05, 3.63) is 53.7 Å². The molecule has 4 heteroatoms. The zero-order valence-electron chi connectivity index (χ0n) is 15.0. The highest BCUT2D eigenvalue weighted by molar-refractivity contribution is 6.00. The number of piperidine rings is 1. The minimum absolute atomic E-state index is 0.117. The minimum atomic E-state index is 0.117. The van der Waals surface area contributed by atoms with Gasteiger partial charge in [-0.2, -0.15) is 0 Å². The molecule has 0 saturated carbocycles. The van der Waals surface area contributed by atoms with E-state index in [1.807, 2.05) is 17.0 Å². The number of likely N-dealkylation sites (tertiary alicyclic amines) is 1. The van der Waals surface area contributed by atoms with Gasteiger partial charge in [-0.25, -0.2) is 4.98 Å². The average molecular weight is 335 g/mol. The van der Waals surface area contributed by atoms with Gasteiger partial charge < -0.3 is 9.80 Å². The molecule has 4 nitrogen and oxygen atoms in total. The number of hydrogen-bond donors (Lipinski definition) is 0. The first-order valence-corrected chi connectivity index (χ1v) is 9.23. The van der Waals surface area contributed by atoms with E-state index in [-0.39, 0.29) is 5.91 Å². The maximum Gasteiger partial charge on any atom is 0.257 e. The Morgan fingerprint density at radius 3 is 2.64 bits per heavy atom. The van der Waals surface area contributed by atoms with Crippen LogP contribution < -0.4 is 4.90 Å². The molecule has 0 spiro atoms. The van der Waals surface area contributed by atoms with Crippen LogP contribution in [-0.4, -0.2) is 35.4 Å². The largest absolute Gasteiger partial charge is 0.338 e. The molecule has 0 aliphatic carbocycles. The third-order valence-corrected chi connectivity index (χ3v) is 5.32. The molecule has 25 heavy (non-hydrogen) atoms. The summed E-state index contributed by atoms with van der Waals surface area (Å²) in [5.74, 6) is 2.02. The molecule has 1 aromatic heterocycles. The fourth-order valence-electron chi connectivity index (χ4n) is 4.34.